The predicted octanol–water partition coefficient (Wildman–Crippen LogP) is 3.77. The van der Waals surface area contributed by atoms with Gasteiger partial charge in [0.15, 0.2) is 0 Å². The molecule has 1 aromatic carbocycles. The molecule has 0 spiro atoms. The summed E-state index contributed by atoms with van der Waals surface area (Å²) in [5.41, 5.74) is 2.00. The van der Waals surface area contributed by atoms with Crippen molar-refractivity contribution < 1.29 is 0 Å². The Balaban J connectivity index is 2.30. The number of benzene rings is 1. The Morgan fingerprint density at radius 1 is 1.21 bits per heavy atom. The number of hydrogen-bond acceptors (Lipinski definition) is 5. The van der Waals surface area contributed by atoms with Gasteiger partial charge in [-0.3, -0.25) is 0 Å². The summed E-state index contributed by atoms with van der Waals surface area (Å²) in [5.74, 6) is 0.857. The summed E-state index contributed by atoms with van der Waals surface area (Å²) in [7, 11) is 0. The molecule has 7 heteroatoms. The average molecular weight is 343 g/mol. The number of halogens is 2. The van der Waals surface area contributed by atoms with Gasteiger partial charge in [0, 0.05) is 11.0 Å². The van der Waals surface area contributed by atoms with Crippen LogP contribution in [0, 0.1) is 6.92 Å². The highest BCUT2D eigenvalue weighted by atomic mass is 79.9. The van der Waals surface area contributed by atoms with E-state index in [1.165, 1.54) is 0 Å². The summed E-state index contributed by atoms with van der Waals surface area (Å²) in [6.07, 6.45) is 0. The standard InChI is InChI=1S/C12H13BrClN5/c1-3-15-11-17-10(14)18-12(19-11)16-8-6-4-5-7(2)9(8)13/h4-6H,3H2,1-2H3,(H2,15,16,17,18,19). The second kappa shape index (κ2) is 6.16. The van der Waals surface area contributed by atoms with E-state index in [0.29, 0.717) is 18.4 Å². The maximum atomic E-state index is 5.87. The maximum absolute atomic E-state index is 5.87. The van der Waals surface area contributed by atoms with Crippen molar-refractivity contribution in [2.24, 2.45) is 0 Å². The van der Waals surface area contributed by atoms with Crippen molar-refractivity contribution in [3.05, 3.63) is 33.5 Å². The molecule has 0 radical (unpaired) electrons. The van der Waals surface area contributed by atoms with Crippen LogP contribution in [0.25, 0.3) is 0 Å². The first-order chi connectivity index (χ1) is 9.10. The topological polar surface area (TPSA) is 62.7 Å². The van der Waals surface area contributed by atoms with Gasteiger partial charge >= 0.3 is 0 Å². The highest BCUT2D eigenvalue weighted by Gasteiger charge is 2.07. The van der Waals surface area contributed by atoms with Crippen LogP contribution in [0.4, 0.5) is 17.6 Å². The van der Waals surface area contributed by atoms with Gasteiger partial charge in [-0.1, -0.05) is 12.1 Å². The van der Waals surface area contributed by atoms with E-state index >= 15 is 0 Å². The van der Waals surface area contributed by atoms with Gasteiger partial charge in [0.2, 0.25) is 17.2 Å². The third-order valence-electron chi connectivity index (χ3n) is 2.38. The van der Waals surface area contributed by atoms with Crippen molar-refractivity contribution in [1.29, 1.82) is 0 Å². The fourth-order valence-corrected chi connectivity index (χ4v) is 2.03. The summed E-state index contributed by atoms with van der Waals surface area (Å²) in [6.45, 7) is 4.69. The molecule has 0 aliphatic heterocycles. The molecule has 2 rings (SSSR count). The molecule has 0 saturated carbocycles. The van der Waals surface area contributed by atoms with E-state index < -0.39 is 0 Å². The fraction of sp³-hybridized carbons (Fsp3) is 0.250. The first-order valence-electron chi connectivity index (χ1n) is 5.77. The predicted molar refractivity (Wildman–Crippen MR) is 81.2 cm³/mol. The molecule has 0 saturated heterocycles. The van der Waals surface area contributed by atoms with Gasteiger partial charge in [0.1, 0.15) is 0 Å². The van der Waals surface area contributed by atoms with Gasteiger partial charge in [-0.2, -0.15) is 15.0 Å². The normalized spacial score (nSPS) is 10.3. The molecular formula is C12H13BrClN5. The molecule has 0 unspecified atom stereocenters. The molecule has 19 heavy (non-hydrogen) atoms. The Morgan fingerprint density at radius 3 is 2.68 bits per heavy atom. The lowest BCUT2D eigenvalue weighted by Gasteiger charge is -2.10. The number of hydrogen-bond donors (Lipinski definition) is 2. The third kappa shape index (κ3) is 3.54. The Bertz CT molecular complexity index is 590. The van der Waals surface area contributed by atoms with Crippen molar-refractivity contribution in [2.45, 2.75) is 13.8 Å². The zero-order valence-electron chi connectivity index (χ0n) is 10.5. The molecule has 1 aromatic heterocycles. The van der Waals surface area contributed by atoms with Crippen molar-refractivity contribution in [2.75, 3.05) is 17.2 Å². The van der Waals surface area contributed by atoms with Crippen molar-refractivity contribution in [3.8, 4) is 0 Å². The van der Waals surface area contributed by atoms with E-state index in [9.17, 15) is 0 Å². The van der Waals surface area contributed by atoms with Crippen LogP contribution < -0.4 is 10.6 Å². The Hall–Kier alpha value is -1.40. The Morgan fingerprint density at radius 2 is 1.95 bits per heavy atom. The first-order valence-corrected chi connectivity index (χ1v) is 6.95. The molecule has 0 aliphatic carbocycles. The molecule has 2 N–H and O–H groups in total. The second-order valence-electron chi connectivity index (χ2n) is 3.84. The van der Waals surface area contributed by atoms with E-state index in [2.05, 4.69) is 41.5 Å². The van der Waals surface area contributed by atoms with E-state index in [1.54, 1.807) is 0 Å². The van der Waals surface area contributed by atoms with Gasteiger partial charge < -0.3 is 10.6 Å². The lowest BCUT2D eigenvalue weighted by atomic mass is 10.2. The van der Waals surface area contributed by atoms with Crippen molar-refractivity contribution in [3.63, 3.8) is 0 Å². The smallest absolute Gasteiger partial charge is 0.233 e. The Kier molecular flexibility index (Phi) is 4.55. The highest BCUT2D eigenvalue weighted by molar-refractivity contribution is 9.10. The SMILES string of the molecule is CCNc1nc(Cl)nc(Nc2cccc(C)c2Br)n1. The summed E-state index contributed by atoms with van der Waals surface area (Å²) in [6, 6.07) is 5.90. The number of nitrogens with one attached hydrogen (secondary N) is 2. The van der Waals surface area contributed by atoms with E-state index in [-0.39, 0.29) is 5.28 Å². The Labute approximate surface area is 125 Å². The minimum atomic E-state index is 0.150. The molecule has 0 fully saturated rings. The summed E-state index contributed by atoms with van der Waals surface area (Å²) < 4.78 is 0.969. The third-order valence-corrected chi connectivity index (χ3v) is 3.60. The minimum Gasteiger partial charge on any atom is -0.354 e. The van der Waals surface area contributed by atoms with Crippen molar-refractivity contribution in [1.82, 2.24) is 15.0 Å². The molecule has 5 nitrogen and oxygen atoms in total. The van der Waals surface area contributed by atoms with Gasteiger partial charge in [0.05, 0.1) is 5.69 Å². The fourth-order valence-electron chi connectivity index (χ4n) is 1.51. The molecule has 1 heterocycles. The summed E-state index contributed by atoms with van der Waals surface area (Å²) >= 11 is 9.39. The quantitative estimate of drug-likeness (QED) is 0.885. The van der Waals surface area contributed by atoms with Crippen LogP contribution >= 0.6 is 27.5 Å². The van der Waals surface area contributed by atoms with Crippen LogP contribution in [0.2, 0.25) is 5.28 Å². The average Bonchev–Trinajstić information content (AvgIpc) is 2.35. The molecule has 100 valence electrons. The van der Waals surface area contributed by atoms with Crippen LogP contribution in [0.3, 0.4) is 0 Å². The zero-order chi connectivity index (χ0) is 13.8. The maximum Gasteiger partial charge on any atom is 0.233 e. The summed E-state index contributed by atoms with van der Waals surface area (Å²) in [4.78, 5) is 12.3. The molecule has 0 atom stereocenters. The van der Waals surface area contributed by atoms with Crippen LogP contribution in [0.15, 0.2) is 22.7 Å². The van der Waals surface area contributed by atoms with E-state index in [1.807, 2.05) is 32.0 Å². The minimum absolute atomic E-state index is 0.150. The number of aromatic nitrogens is 3. The van der Waals surface area contributed by atoms with Gasteiger partial charge in [0.25, 0.3) is 0 Å². The van der Waals surface area contributed by atoms with Gasteiger partial charge in [-0.05, 0) is 53.0 Å². The van der Waals surface area contributed by atoms with Crippen LogP contribution in [-0.4, -0.2) is 21.5 Å². The molecular weight excluding hydrogens is 330 g/mol. The van der Waals surface area contributed by atoms with E-state index in [4.69, 9.17) is 11.6 Å². The van der Waals surface area contributed by atoms with Gasteiger partial charge in [-0.25, -0.2) is 0 Å². The molecule has 0 amide bonds. The highest BCUT2D eigenvalue weighted by Crippen LogP contribution is 2.27. The number of rotatable bonds is 4. The number of aryl methyl sites for hydroxylation is 1. The van der Waals surface area contributed by atoms with Crippen LogP contribution in [0.1, 0.15) is 12.5 Å². The zero-order valence-corrected chi connectivity index (χ0v) is 12.9. The first kappa shape index (κ1) is 14.0. The second-order valence-corrected chi connectivity index (χ2v) is 4.97. The lowest BCUT2D eigenvalue weighted by molar-refractivity contribution is 1.02. The number of anilines is 3. The van der Waals surface area contributed by atoms with Crippen LogP contribution in [-0.2, 0) is 0 Å². The largest absolute Gasteiger partial charge is 0.354 e. The molecule has 0 bridgehead atoms. The number of nitrogens with zero attached hydrogens (tertiary/aromatic N) is 3. The van der Waals surface area contributed by atoms with E-state index in [0.717, 1.165) is 15.7 Å². The van der Waals surface area contributed by atoms with Gasteiger partial charge in [-0.15, -0.1) is 0 Å². The molecule has 2 aromatic rings. The summed E-state index contributed by atoms with van der Waals surface area (Å²) in [5, 5.41) is 6.27. The molecule has 0 aliphatic rings. The van der Waals surface area contributed by atoms with Crippen molar-refractivity contribution >= 4 is 45.1 Å². The van der Waals surface area contributed by atoms with Crippen LogP contribution in [0.5, 0.6) is 0 Å². The lowest BCUT2D eigenvalue weighted by Crippen LogP contribution is -2.06. The monoisotopic (exact) mass is 341 g/mol.